The Morgan fingerprint density at radius 1 is 1.53 bits per heavy atom. The van der Waals surface area contributed by atoms with Crippen LogP contribution >= 0.6 is 43.5 Å². The van der Waals surface area contributed by atoms with Gasteiger partial charge in [-0.25, -0.2) is 0 Å². The standard InChI is InChI=1S/C12H14Br2ClNO/c1-2-4-8(13)7-16-12(17)9-5-3-6-10(14)11(9)15/h3,5-6,8H,2,4,7H2,1H3,(H,16,17). The zero-order valence-electron chi connectivity index (χ0n) is 9.47. The Hall–Kier alpha value is -0.0600. The van der Waals surface area contributed by atoms with Crippen molar-refractivity contribution in [2.24, 2.45) is 0 Å². The largest absolute Gasteiger partial charge is 0.351 e. The van der Waals surface area contributed by atoms with Gasteiger partial charge in [-0.15, -0.1) is 0 Å². The van der Waals surface area contributed by atoms with Crippen molar-refractivity contribution in [3.8, 4) is 0 Å². The van der Waals surface area contributed by atoms with E-state index in [9.17, 15) is 4.79 Å². The summed E-state index contributed by atoms with van der Waals surface area (Å²) >= 11 is 12.9. The van der Waals surface area contributed by atoms with Gasteiger partial charge in [0.25, 0.3) is 5.91 Å². The molecule has 0 spiro atoms. The van der Waals surface area contributed by atoms with Crippen LogP contribution in [0.1, 0.15) is 30.1 Å². The fourth-order valence-corrected chi connectivity index (χ4v) is 2.59. The molecule has 1 amide bonds. The quantitative estimate of drug-likeness (QED) is 0.751. The summed E-state index contributed by atoms with van der Waals surface area (Å²) in [6.45, 7) is 2.72. The number of nitrogens with one attached hydrogen (secondary N) is 1. The van der Waals surface area contributed by atoms with Crippen LogP contribution in [0.15, 0.2) is 22.7 Å². The Morgan fingerprint density at radius 3 is 2.88 bits per heavy atom. The number of carbonyl (C=O) groups excluding carboxylic acids is 1. The summed E-state index contributed by atoms with van der Waals surface area (Å²) in [6, 6.07) is 5.32. The first-order valence-electron chi connectivity index (χ1n) is 5.42. The van der Waals surface area contributed by atoms with Crippen LogP contribution in [0.25, 0.3) is 0 Å². The molecule has 2 nitrogen and oxygen atoms in total. The first kappa shape index (κ1) is 15.0. The number of hydrogen-bond acceptors (Lipinski definition) is 1. The molecular weight excluding hydrogens is 369 g/mol. The van der Waals surface area contributed by atoms with Crippen LogP contribution < -0.4 is 5.32 Å². The Balaban J connectivity index is 2.61. The number of amides is 1. The zero-order chi connectivity index (χ0) is 12.8. The molecule has 0 aliphatic carbocycles. The van der Waals surface area contributed by atoms with E-state index in [4.69, 9.17) is 11.6 Å². The van der Waals surface area contributed by atoms with Crippen molar-refractivity contribution in [1.82, 2.24) is 5.32 Å². The van der Waals surface area contributed by atoms with Gasteiger partial charge in [0.1, 0.15) is 0 Å². The van der Waals surface area contributed by atoms with Crippen LogP contribution in [0.3, 0.4) is 0 Å². The molecule has 94 valence electrons. The van der Waals surface area contributed by atoms with Gasteiger partial charge < -0.3 is 5.32 Å². The van der Waals surface area contributed by atoms with E-state index in [1.807, 2.05) is 6.07 Å². The van der Waals surface area contributed by atoms with Gasteiger partial charge in [0.05, 0.1) is 10.6 Å². The molecule has 1 atom stereocenters. The van der Waals surface area contributed by atoms with Crippen LogP contribution in [0.4, 0.5) is 0 Å². The third-order valence-electron chi connectivity index (χ3n) is 2.28. The summed E-state index contributed by atoms with van der Waals surface area (Å²) in [6.07, 6.45) is 2.12. The van der Waals surface area contributed by atoms with Gasteiger partial charge in [-0.05, 0) is 34.5 Å². The van der Waals surface area contributed by atoms with Gasteiger partial charge in [-0.3, -0.25) is 4.79 Å². The van der Waals surface area contributed by atoms with Crippen LogP contribution in [0.5, 0.6) is 0 Å². The molecule has 0 radical (unpaired) electrons. The second-order valence-electron chi connectivity index (χ2n) is 3.70. The number of halogens is 3. The molecule has 1 aromatic rings. The monoisotopic (exact) mass is 381 g/mol. The molecule has 0 aliphatic rings. The molecule has 0 heterocycles. The lowest BCUT2D eigenvalue weighted by Gasteiger charge is -2.11. The third-order valence-corrected chi connectivity index (χ3v) is 4.36. The maximum Gasteiger partial charge on any atom is 0.252 e. The van der Waals surface area contributed by atoms with Gasteiger partial charge in [-0.2, -0.15) is 0 Å². The number of benzene rings is 1. The molecule has 0 aromatic heterocycles. The predicted octanol–water partition coefficient (Wildman–Crippen LogP) is 4.40. The molecule has 0 bridgehead atoms. The Labute approximate surface area is 123 Å². The Morgan fingerprint density at radius 2 is 2.24 bits per heavy atom. The predicted molar refractivity (Wildman–Crippen MR) is 79.1 cm³/mol. The van der Waals surface area contributed by atoms with E-state index in [0.717, 1.165) is 17.3 Å². The summed E-state index contributed by atoms with van der Waals surface area (Å²) < 4.78 is 0.732. The SMILES string of the molecule is CCCC(Br)CNC(=O)c1cccc(Br)c1Cl. The molecule has 0 aliphatic heterocycles. The van der Waals surface area contributed by atoms with E-state index in [0.29, 0.717) is 22.0 Å². The molecule has 1 aromatic carbocycles. The number of rotatable bonds is 5. The van der Waals surface area contributed by atoms with Crippen molar-refractivity contribution in [1.29, 1.82) is 0 Å². The van der Waals surface area contributed by atoms with Crippen LogP contribution in [0, 0.1) is 0 Å². The van der Waals surface area contributed by atoms with Gasteiger partial charge in [0, 0.05) is 15.8 Å². The lowest BCUT2D eigenvalue weighted by Crippen LogP contribution is -2.29. The average molecular weight is 384 g/mol. The third kappa shape index (κ3) is 4.60. The fourth-order valence-electron chi connectivity index (χ4n) is 1.39. The second-order valence-corrected chi connectivity index (χ2v) is 6.22. The maximum absolute atomic E-state index is 11.9. The number of hydrogen-bond donors (Lipinski definition) is 1. The maximum atomic E-state index is 11.9. The van der Waals surface area contributed by atoms with E-state index in [1.54, 1.807) is 12.1 Å². The van der Waals surface area contributed by atoms with Crippen LogP contribution in [-0.4, -0.2) is 17.3 Å². The van der Waals surface area contributed by atoms with Gasteiger partial charge >= 0.3 is 0 Å². The topological polar surface area (TPSA) is 29.1 Å². The molecule has 0 fully saturated rings. The minimum atomic E-state index is -0.142. The molecule has 0 saturated heterocycles. The number of carbonyl (C=O) groups is 1. The van der Waals surface area contributed by atoms with E-state index in [-0.39, 0.29) is 5.91 Å². The average Bonchev–Trinajstić information content (AvgIpc) is 2.30. The molecule has 1 N–H and O–H groups in total. The zero-order valence-corrected chi connectivity index (χ0v) is 13.4. The van der Waals surface area contributed by atoms with E-state index < -0.39 is 0 Å². The summed E-state index contributed by atoms with van der Waals surface area (Å²) in [5.74, 6) is -0.142. The summed E-state index contributed by atoms with van der Waals surface area (Å²) in [7, 11) is 0. The minimum absolute atomic E-state index is 0.142. The second kappa shape index (κ2) is 7.39. The molecule has 5 heteroatoms. The van der Waals surface area contributed by atoms with Crippen LogP contribution in [-0.2, 0) is 0 Å². The fraction of sp³-hybridized carbons (Fsp3) is 0.417. The van der Waals surface area contributed by atoms with Crippen molar-refractivity contribution >= 4 is 49.4 Å². The lowest BCUT2D eigenvalue weighted by molar-refractivity contribution is 0.0954. The summed E-state index contributed by atoms with van der Waals surface area (Å²) in [5.41, 5.74) is 0.497. The summed E-state index contributed by atoms with van der Waals surface area (Å²) in [4.78, 5) is 12.2. The van der Waals surface area contributed by atoms with Crippen molar-refractivity contribution in [3.05, 3.63) is 33.3 Å². The van der Waals surface area contributed by atoms with Crippen molar-refractivity contribution in [3.63, 3.8) is 0 Å². The highest BCUT2D eigenvalue weighted by atomic mass is 79.9. The molecule has 17 heavy (non-hydrogen) atoms. The van der Waals surface area contributed by atoms with Gasteiger partial charge in [0.2, 0.25) is 0 Å². The van der Waals surface area contributed by atoms with Crippen molar-refractivity contribution in [2.45, 2.75) is 24.6 Å². The Kier molecular flexibility index (Phi) is 6.52. The smallest absolute Gasteiger partial charge is 0.252 e. The minimum Gasteiger partial charge on any atom is -0.351 e. The van der Waals surface area contributed by atoms with E-state index >= 15 is 0 Å². The van der Waals surface area contributed by atoms with Gasteiger partial charge in [0.15, 0.2) is 0 Å². The van der Waals surface area contributed by atoms with Gasteiger partial charge in [-0.1, -0.05) is 46.9 Å². The highest BCUT2D eigenvalue weighted by Crippen LogP contribution is 2.25. The number of alkyl halides is 1. The Bertz CT molecular complexity index is 398. The first-order chi connectivity index (χ1) is 8.06. The van der Waals surface area contributed by atoms with E-state index in [2.05, 4.69) is 44.1 Å². The molecular formula is C12H14Br2ClNO. The molecule has 1 unspecified atom stereocenters. The van der Waals surface area contributed by atoms with Crippen molar-refractivity contribution in [2.75, 3.05) is 6.54 Å². The van der Waals surface area contributed by atoms with Crippen LogP contribution in [0.2, 0.25) is 5.02 Å². The normalized spacial score (nSPS) is 12.2. The first-order valence-corrected chi connectivity index (χ1v) is 7.51. The highest BCUT2D eigenvalue weighted by molar-refractivity contribution is 9.10. The highest BCUT2D eigenvalue weighted by Gasteiger charge is 2.13. The van der Waals surface area contributed by atoms with E-state index in [1.165, 1.54) is 0 Å². The lowest BCUT2D eigenvalue weighted by atomic mass is 10.2. The molecule has 0 saturated carbocycles. The van der Waals surface area contributed by atoms with Crippen molar-refractivity contribution < 1.29 is 4.79 Å². The summed E-state index contributed by atoms with van der Waals surface area (Å²) in [5, 5.41) is 3.31. The molecule has 1 rings (SSSR count).